The van der Waals surface area contributed by atoms with Gasteiger partial charge in [0.05, 0.1) is 17.8 Å². The molecule has 0 aliphatic heterocycles. The average molecular weight is 240 g/mol. The van der Waals surface area contributed by atoms with Crippen molar-refractivity contribution in [1.29, 1.82) is 0 Å². The molecule has 0 saturated heterocycles. The Labute approximate surface area is 102 Å². The van der Waals surface area contributed by atoms with Crippen molar-refractivity contribution >= 4 is 5.91 Å². The minimum Gasteiger partial charge on any atom is -0.444 e. The van der Waals surface area contributed by atoms with Crippen molar-refractivity contribution in [2.75, 3.05) is 6.61 Å². The quantitative estimate of drug-likeness (QED) is 0.870. The van der Waals surface area contributed by atoms with Gasteiger partial charge in [-0.3, -0.25) is 4.79 Å². The molecule has 0 unspecified atom stereocenters. The predicted octanol–water partition coefficient (Wildman–Crippen LogP) is 1.72. The summed E-state index contributed by atoms with van der Waals surface area (Å²) in [6, 6.07) is 0. The molecule has 0 aromatic carbocycles. The van der Waals surface area contributed by atoms with Crippen molar-refractivity contribution in [2.24, 2.45) is 0 Å². The summed E-state index contributed by atoms with van der Waals surface area (Å²) >= 11 is 0. The highest BCUT2D eigenvalue weighted by molar-refractivity contribution is 5.77. The topological polar surface area (TPSA) is 64.4 Å². The Bertz CT molecular complexity index is 371. The van der Waals surface area contributed by atoms with E-state index in [9.17, 15) is 4.79 Å². The maximum atomic E-state index is 11.4. The summed E-state index contributed by atoms with van der Waals surface area (Å²) in [6.45, 7) is 9.76. The van der Waals surface area contributed by atoms with Gasteiger partial charge in [0.2, 0.25) is 11.8 Å². The molecule has 0 spiro atoms. The van der Waals surface area contributed by atoms with Gasteiger partial charge in [0, 0.05) is 0 Å². The highest BCUT2D eigenvalue weighted by atomic mass is 16.5. The van der Waals surface area contributed by atoms with Crippen LogP contribution in [0.15, 0.2) is 4.42 Å². The minimum atomic E-state index is -0.312. The Hall–Kier alpha value is -1.36. The molecule has 1 rings (SSSR count). The van der Waals surface area contributed by atoms with Crippen molar-refractivity contribution in [2.45, 2.75) is 46.8 Å². The van der Waals surface area contributed by atoms with Crippen LogP contribution in [0.3, 0.4) is 0 Å². The second kappa shape index (κ2) is 5.31. The predicted molar refractivity (Wildman–Crippen MR) is 63.5 cm³/mol. The molecule has 1 aromatic rings. The number of rotatable bonds is 4. The van der Waals surface area contributed by atoms with Gasteiger partial charge in [0.1, 0.15) is 12.4 Å². The monoisotopic (exact) mass is 240 g/mol. The van der Waals surface area contributed by atoms with Gasteiger partial charge in [-0.15, -0.1) is 0 Å². The zero-order valence-electron chi connectivity index (χ0n) is 11.1. The van der Waals surface area contributed by atoms with E-state index in [4.69, 9.17) is 9.15 Å². The molecule has 0 radical (unpaired) electrons. The minimum absolute atomic E-state index is 0.0438. The fraction of sp³-hybridized carbons (Fsp3) is 0.667. The van der Waals surface area contributed by atoms with Crippen LogP contribution >= 0.6 is 0 Å². The van der Waals surface area contributed by atoms with Crippen molar-refractivity contribution in [3.8, 4) is 0 Å². The number of nitrogens with one attached hydrogen (secondary N) is 1. The second-order valence-corrected chi connectivity index (χ2v) is 4.93. The molecular formula is C12H20N2O3. The highest BCUT2D eigenvalue weighted by Gasteiger charge is 2.13. The summed E-state index contributed by atoms with van der Waals surface area (Å²) in [5, 5.41) is 2.69. The number of hydrogen-bond donors (Lipinski definition) is 1. The smallest absolute Gasteiger partial charge is 0.246 e. The number of aryl methyl sites for hydroxylation is 2. The maximum Gasteiger partial charge on any atom is 0.246 e. The van der Waals surface area contributed by atoms with E-state index in [2.05, 4.69) is 10.3 Å². The summed E-state index contributed by atoms with van der Waals surface area (Å²) in [5.74, 6) is 1.12. The first-order valence-electron chi connectivity index (χ1n) is 5.61. The van der Waals surface area contributed by atoms with E-state index in [1.807, 2.05) is 34.6 Å². The van der Waals surface area contributed by atoms with E-state index in [1.54, 1.807) is 0 Å². The molecule has 1 aromatic heterocycles. The molecule has 17 heavy (non-hydrogen) atoms. The standard InChI is InChI=1S/C12H20N2O3/c1-8-9(2)17-11(14-8)6-13-10(15)7-16-12(3,4)5/h6-7H2,1-5H3,(H,13,15). The van der Waals surface area contributed by atoms with Crippen LogP contribution < -0.4 is 5.32 Å². The third kappa shape index (κ3) is 4.99. The molecule has 0 bridgehead atoms. The van der Waals surface area contributed by atoms with E-state index >= 15 is 0 Å². The maximum absolute atomic E-state index is 11.4. The zero-order chi connectivity index (χ0) is 13.1. The van der Waals surface area contributed by atoms with Gasteiger partial charge in [0.15, 0.2) is 0 Å². The Morgan fingerprint density at radius 1 is 1.41 bits per heavy atom. The van der Waals surface area contributed by atoms with Crippen LogP contribution in [0.4, 0.5) is 0 Å². The molecule has 5 heteroatoms. The zero-order valence-corrected chi connectivity index (χ0v) is 11.1. The number of carbonyl (C=O) groups is 1. The molecule has 0 saturated carbocycles. The Balaban J connectivity index is 2.33. The van der Waals surface area contributed by atoms with Crippen LogP contribution in [0.25, 0.3) is 0 Å². The molecular weight excluding hydrogens is 220 g/mol. The van der Waals surface area contributed by atoms with Crippen molar-refractivity contribution < 1.29 is 13.9 Å². The van der Waals surface area contributed by atoms with E-state index < -0.39 is 0 Å². The summed E-state index contributed by atoms with van der Waals surface area (Å²) in [7, 11) is 0. The lowest BCUT2D eigenvalue weighted by molar-refractivity contribution is -0.130. The molecule has 0 aliphatic carbocycles. The van der Waals surface area contributed by atoms with Crippen LogP contribution in [0, 0.1) is 13.8 Å². The van der Waals surface area contributed by atoms with Crippen LogP contribution in [-0.2, 0) is 16.1 Å². The third-order valence-electron chi connectivity index (χ3n) is 2.15. The molecule has 96 valence electrons. The fourth-order valence-electron chi connectivity index (χ4n) is 1.12. The van der Waals surface area contributed by atoms with Gasteiger partial charge >= 0.3 is 0 Å². The molecule has 1 N–H and O–H groups in total. The van der Waals surface area contributed by atoms with Gasteiger partial charge in [-0.25, -0.2) is 4.98 Å². The number of amides is 1. The largest absolute Gasteiger partial charge is 0.444 e. The Morgan fingerprint density at radius 3 is 2.53 bits per heavy atom. The van der Waals surface area contributed by atoms with Crippen molar-refractivity contribution in [3.63, 3.8) is 0 Å². The van der Waals surface area contributed by atoms with Crippen LogP contribution in [0.1, 0.15) is 38.1 Å². The number of hydrogen-bond acceptors (Lipinski definition) is 4. The summed E-state index contributed by atoms with van der Waals surface area (Å²) in [5.41, 5.74) is 0.535. The lowest BCUT2D eigenvalue weighted by atomic mass is 10.2. The fourth-order valence-corrected chi connectivity index (χ4v) is 1.12. The van der Waals surface area contributed by atoms with Gasteiger partial charge in [0.25, 0.3) is 0 Å². The first kappa shape index (κ1) is 13.7. The number of oxazole rings is 1. The first-order chi connectivity index (χ1) is 7.78. The van der Waals surface area contributed by atoms with Crippen LogP contribution in [0.2, 0.25) is 0 Å². The normalized spacial score (nSPS) is 11.6. The number of nitrogens with zero attached hydrogens (tertiary/aromatic N) is 1. The molecule has 5 nitrogen and oxygen atoms in total. The number of ether oxygens (including phenoxy) is 1. The SMILES string of the molecule is Cc1nc(CNC(=O)COC(C)(C)C)oc1C. The van der Waals surface area contributed by atoms with Crippen molar-refractivity contribution in [1.82, 2.24) is 10.3 Å². The summed E-state index contributed by atoms with van der Waals surface area (Å²) < 4.78 is 10.7. The molecule has 0 aliphatic rings. The molecule has 0 fully saturated rings. The molecule has 1 heterocycles. The van der Waals surface area contributed by atoms with E-state index in [0.717, 1.165) is 11.5 Å². The highest BCUT2D eigenvalue weighted by Crippen LogP contribution is 2.08. The Morgan fingerprint density at radius 2 is 2.06 bits per heavy atom. The third-order valence-corrected chi connectivity index (χ3v) is 2.15. The average Bonchev–Trinajstić information content (AvgIpc) is 2.51. The lowest BCUT2D eigenvalue weighted by Crippen LogP contribution is -2.31. The first-order valence-corrected chi connectivity index (χ1v) is 5.61. The number of aromatic nitrogens is 1. The molecule has 0 atom stereocenters. The Kier molecular flexibility index (Phi) is 4.28. The lowest BCUT2D eigenvalue weighted by Gasteiger charge is -2.18. The van der Waals surface area contributed by atoms with Gasteiger partial charge < -0.3 is 14.5 Å². The number of carbonyl (C=O) groups excluding carboxylic acids is 1. The summed E-state index contributed by atoms with van der Waals surface area (Å²) in [4.78, 5) is 15.6. The van der Waals surface area contributed by atoms with Gasteiger partial charge in [-0.2, -0.15) is 0 Å². The molecule has 1 amide bonds. The van der Waals surface area contributed by atoms with Crippen LogP contribution in [0.5, 0.6) is 0 Å². The van der Waals surface area contributed by atoms with Crippen molar-refractivity contribution in [3.05, 3.63) is 17.3 Å². The van der Waals surface area contributed by atoms with E-state index in [0.29, 0.717) is 12.4 Å². The van der Waals surface area contributed by atoms with Gasteiger partial charge in [-0.1, -0.05) is 0 Å². The summed E-state index contributed by atoms with van der Waals surface area (Å²) in [6.07, 6.45) is 0. The van der Waals surface area contributed by atoms with Crippen LogP contribution in [-0.4, -0.2) is 23.1 Å². The van der Waals surface area contributed by atoms with Gasteiger partial charge in [-0.05, 0) is 34.6 Å². The van der Waals surface area contributed by atoms with E-state index in [1.165, 1.54) is 0 Å². The second-order valence-electron chi connectivity index (χ2n) is 4.93. The van der Waals surface area contributed by atoms with E-state index in [-0.39, 0.29) is 18.1 Å².